The molecule has 1 unspecified atom stereocenters. The van der Waals surface area contributed by atoms with Gasteiger partial charge in [0.25, 0.3) is 0 Å². The van der Waals surface area contributed by atoms with Crippen LogP contribution < -0.4 is 0 Å². The van der Waals surface area contributed by atoms with Gasteiger partial charge in [-0.1, -0.05) is 6.42 Å². The van der Waals surface area contributed by atoms with E-state index in [0.29, 0.717) is 13.2 Å². The van der Waals surface area contributed by atoms with Crippen LogP contribution in [0.4, 0.5) is 0 Å². The molecule has 0 radical (unpaired) electrons. The van der Waals surface area contributed by atoms with E-state index in [4.69, 9.17) is 19.4 Å². The molecule has 1 saturated heterocycles. The van der Waals surface area contributed by atoms with Gasteiger partial charge in [0.15, 0.2) is 0 Å². The highest BCUT2D eigenvalue weighted by atomic mass is 16.8. The molecule has 90 valence electrons. The van der Waals surface area contributed by atoms with Gasteiger partial charge in [-0.15, -0.1) is 0 Å². The van der Waals surface area contributed by atoms with Gasteiger partial charge in [-0.2, -0.15) is 5.06 Å². The summed E-state index contributed by atoms with van der Waals surface area (Å²) < 4.78 is 10.3. The molecule has 1 heterocycles. The van der Waals surface area contributed by atoms with Gasteiger partial charge in [-0.3, -0.25) is 4.84 Å². The Hall–Kier alpha value is -0.200. The highest BCUT2D eigenvalue weighted by Crippen LogP contribution is 2.11. The van der Waals surface area contributed by atoms with Crippen molar-refractivity contribution in [2.24, 2.45) is 0 Å². The first-order valence-electron chi connectivity index (χ1n) is 5.50. The van der Waals surface area contributed by atoms with Crippen molar-refractivity contribution in [2.75, 3.05) is 40.0 Å². The van der Waals surface area contributed by atoms with E-state index >= 15 is 0 Å². The zero-order valence-corrected chi connectivity index (χ0v) is 9.35. The molecule has 0 aromatic rings. The molecule has 0 bridgehead atoms. The van der Waals surface area contributed by atoms with E-state index in [1.54, 1.807) is 7.11 Å². The number of aliphatic hydroxyl groups excluding tert-OH is 1. The van der Waals surface area contributed by atoms with Crippen molar-refractivity contribution >= 4 is 0 Å². The van der Waals surface area contributed by atoms with E-state index in [0.717, 1.165) is 13.1 Å². The second kappa shape index (κ2) is 8.01. The summed E-state index contributed by atoms with van der Waals surface area (Å²) in [5.41, 5.74) is 0. The number of nitrogens with zero attached hydrogens (tertiary/aromatic N) is 1. The van der Waals surface area contributed by atoms with E-state index in [1.807, 2.05) is 5.06 Å². The smallest absolute Gasteiger partial charge is 0.200 e. The van der Waals surface area contributed by atoms with Crippen LogP contribution in [-0.4, -0.2) is 56.5 Å². The first kappa shape index (κ1) is 12.9. The van der Waals surface area contributed by atoms with Crippen LogP contribution >= 0.6 is 0 Å². The van der Waals surface area contributed by atoms with Crippen LogP contribution in [0.3, 0.4) is 0 Å². The van der Waals surface area contributed by atoms with Crippen LogP contribution in [0.15, 0.2) is 0 Å². The number of ether oxygens (including phenoxy) is 2. The van der Waals surface area contributed by atoms with Crippen LogP contribution in [0.5, 0.6) is 0 Å². The van der Waals surface area contributed by atoms with Crippen molar-refractivity contribution in [2.45, 2.75) is 25.6 Å². The third-order valence-electron chi connectivity index (χ3n) is 2.33. The van der Waals surface area contributed by atoms with Gasteiger partial charge in [0, 0.05) is 20.2 Å². The summed E-state index contributed by atoms with van der Waals surface area (Å²) >= 11 is 0. The molecule has 0 aromatic carbocycles. The standard InChI is InChI=1S/C10H21NO4/c1-13-10(9-14-8-7-12)15-11-5-3-2-4-6-11/h10,12H,2-9H2,1H3. The number of hydrogen-bond acceptors (Lipinski definition) is 5. The molecule has 15 heavy (non-hydrogen) atoms. The molecule has 1 rings (SSSR count). The van der Waals surface area contributed by atoms with Gasteiger partial charge in [0.2, 0.25) is 6.29 Å². The van der Waals surface area contributed by atoms with Crippen molar-refractivity contribution in [3.05, 3.63) is 0 Å². The zero-order valence-electron chi connectivity index (χ0n) is 9.35. The summed E-state index contributed by atoms with van der Waals surface area (Å²) in [6.07, 6.45) is 3.26. The summed E-state index contributed by atoms with van der Waals surface area (Å²) in [6, 6.07) is 0. The minimum absolute atomic E-state index is 0.0279. The van der Waals surface area contributed by atoms with Crippen molar-refractivity contribution in [3.8, 4) is 0 Å². The highest BCUT2D eigenvalue weighted by molar-refractivity contribution is 4.57. The predicted octanol–water partition coefficient (Wildman–Crippen LogP) is 0.385. The van der Waals surface area contributed by atoms with E-state index in [1.165, 1.54) is 19.3 Å². The first-order valence-corrected chi connectivity index (χ1v) is 5.50. The third kappa shape index (κ3) is 5.44. The number of aliphatic hydroxyl groups is 1. The number of hydroxylamine groups is 2. The van der Waals surface area contributed by atoms with Gasteiger partial charge < -0.3 is 14.6 Å². The van der Waals surface area contributed by atoms with E-state index in [9.17, 15) is 0 Å². The topological polar surface area (TPSA) is 51.2 Å². The Bertz CT molecular complexity index is 150. The van der Waals surface area contributed by atoms with E-state index in [2.05, 4.69) is 0 Å². The molecule has 1 aliphatic rings. The number of methoxy groups -OCH3 is 1. The summed E-state index contributed by atoms with van der Waals surface area (Å²) in [5, 5.41) is 10.5. The van der Waals surface area contributed by atoms with Crippen LogP contribution in [0.1, 0.15) is 19.3 Å². The van der Waals surface area contributed by atoms with Crippen molar-refractivity contribution in [1.82, 2.24) is 5.06 Å². The van der Waals surface area contributed by atoms with Crippen molar-refractivity contribution in [3.63, 3.8) is 0 Å². The van der Waals surface area contributed by atoms with E-state index in [-0.39, 0.29) is 12.9 Å². The zero-order chi connectivity index (χ0) is 10.9. The maximum absolute atomic E-state index is 8.56. The Morgan fingerprint density at radius 3 is 2.60 bits per heavy atom. The fourth-order valence-corrected chi connectivity index (χ4v) is 1.52. The second-order valence-electron chi connectivity index (χ2n) is 3.56. The predicted molar refractivity (Wildman–Crippen MR) is 55.2 cm³/mol. The lowest BCUT2D eigenvalue weighted by molar-refractivity contribution is -0.290. The average molecular weight is 219 g/mol. The Balaban J connectivity index is 2.13. The molecular formula is C10H21NO4. The number of piperidine rings is 1. The lowest BCUT2D eigenvalue weighted by atomic mass is 10.2. The lowest BCUT2D eigenvalue weighted by Gasteiger charge is -2.29. The molecule has 0 aromatic heterocycles. The largest absolute Gasteiger partial charge is 0.394 e. The molecule has 1 N–H and O–H groups in total. The monoisotopic (exact) mass is 219 g/mol. The molecule has 1 fully saturated rings. The molecule has 1 atom stereocenters. The Morgan fingerprint density at radius 2 is 2.00 bits per heavy atom. The molecule has 0 aliphatic carbocycles. The highest BCUT2D eigenvalue weighted by Gasteiger charge is 2.16. The van der Waals surface area contributed by atoms with Gasteiger partial charge in [0.05, 0.1) is 19.8 Å². The fourth-order valence-electron chi connectivity index (χ4n) is 1.52. The fraction of sp³-hybridized carbons (Fsp3) is 1.00. The van der Waals surface area contributed by atoms with Crippen LogP contribution in [0, 0.1) is 0 Å². The number of rotatable bonds is 7. The Labute approximate surface area is 90.9 Å². The maximum atomic E-state index is 8.56. The van der Waals surface area contributed by atoms with Gasteiger partial charge >= 0.3 is 0 Å². The Morgan fingerprint density at radius 1 is 1.27 bits per heavy atom. The SMILES string of the molecule is COC(COCCO)ON1CCCCC1. The summed E-state index contributed by atoms with van der Waals surface area (Å²) in [7, 11) is 1.59. The van der Waals surface area contributed by atoms with Gasteiger partial charge in [-0.25, -0.2) is 0 Å². The lowest BCUT2D eigenvalue weighted by Crippen LogP contribution is -2.37. The van der Waals surface area contributed by atoms with Crippen LogP contribution in [0.25, 0.3) is 0 Å². The minimum Gasteiger partial charge on any atom is -0.394 e. The summed E-state index contributed by atoms with van der Waals surface area (Å²) in [5.74, 6) is 0. The summed E-state index contributed by atoms with van der Waals surface area (Å²) in [6.45, 7) is 2.62. The molecule has 5 nitrogen and oxygen atoms in total. The van der Waals surface area contributed by atoms with Crippen LogP contribution in [-0.2, 0) is 14.3 Å². The molecular weight excluding hydrogens is 198 g/mol. The molecule has 5 heteroatoms. The van der Waals surface area contributed by atoms with Crippen molar-refractivity contribution in [1.29, 1.82) is 0 Å². The molecule has 0 saturated carbocycles. The molecule has 1 aliphatic heterocycles. The molecule has 0 amide bonds. The third-order valence-corrected chi connectivity index (χ3v) is 2.33. The van der Waals surface area contributed by atoms with Gasteiger partial charge in [0.1, 0.15) is 0 Å². The second-order valence-corrected chi connectivity index (χ2v) is 3.56. The van der Waals surface area contributed by atoms with E-state index < -0.39 is 0 Å². The average Bonchev–Trinajstić information content (AvgIpc) is 2.29. The number of hydrogen-bond donors (Lipinski definition) is 1. The normalized spacial score (nSPS) is 20.4. The maximum Gasteiger partial charge on any atom is 0.200 e. The van der Waals surface area contributed by atoms with Crippen LogP contribution in [0.2, 0.25) is 0 Å². The molecule has 0 spiro atoms. The summed E-state index contributed by atoms with van der Waals surface area (Å²) in [4.78, 5) is 5.59. The first-order chi connectivity index (χ1) is 7.36. The minimum atomic E-state index is -0.366. The van der Waals surface area contributed by atoms with Crippen molar-refractivity contribution < 1.29 is 19.4 Å². The van der Waals surface area contributed by atoms with Gasteiger partial charge in [-0.05, 0) is 12.8 Å². The quantitative estimate of drug-likeness (QED) is 0.496. The Kier molecular flexibility index (Phi) is 6.87.